The Morgan fingerprint density at radius 1 is 1.47 bits per heavy atom. The average Bonchev–Trinajstić information content (AvgIpc) is 2.40. The van der Waals surface area contributed by atoms with Gasteiger partial charge in [0.25, 0.3) is 0 Å². The second-order valence-electron chi connectivity index (χ2n) is 4.54. The number of halogens is 2. The summed E-state index contributed by atoms with van der Waals surface area (Å²) in [7, 11) is 0. The SMILES string of the molecule is NC(=O)[C@@H](CN1CCOCC1)c1ccc(Cl)c(F)c1. The Labute approximate surface area is 116 Å². The van der Waals surface area contributed by atoms with Crippen LogP contribution in [-0.4, -0.2) is 43.7 Å². The van der Waals surface area contributed by atoms with Crippen molar-refractivity contribution in [1.29, 1.82) is 0 Å². The summed E-state index contributed by atoms with van der Waals surface area (Å²) in [6, 6.07) is 4.36. The molecule has 1 aliphatic heterocycles. The van der Waals surface area contributed by atoms with E-state index in [0.717, 1.165) is 13.1 Å². The van der Waals surface area contributed by atoms with Gasteiger partial charge in [0.05, 0.1) is 24.2 Å². The van der Waals surface area contributed by atoms with Crippen LogP contribution in [0.25, 0.3) is 0 Å². The van der Waals surface area contributed by atoms with E-state index in [0.29, 0.717) is 25.3 Å². The lowest BCUT2D eigenvalue weighted by molar-refractivity contribution is -0.120. The number of amides is 1. The molecule has 1 amide bonds. The van der Waals surface area contributed by atoms with Crippen LogP contribution in [0.2, 0.25) is 5.02 Å². The number of primary amides is 1. The number of hydrogen-bond donors (Lipinski definition) is 1. The minimum Gasteiger partial charge on any atom is -0.379 e. The molecule has 1 heterocycles. The lowest BCUT2D eigenvalue weighted by Crippen LogP contribution is -2.41. The van der Waals surface area contributed by atoms with E-state index in [1.54, 1.807) is 6.07 Å². The second-order valence-corrected chi connectivity index (χ2v) is 4.95. The van der Waals surface area contributed by atoms with E-state index in [1.807, 2.05) is 0 Å². The third-order valence-electron chi connectivity index (χ3n) is 3.23. The molecule has 19 heavy (non-hydrogen) atoms. The van der Waals surface area contributed by atoms with Crippen molar-refractivity contribution in [2.75, 3.05) is 32.8 Å². The fraction of sp³-hybridized carbons (Fsp3) is 0.462. The van der Waals surface area contributed by atoms with Gasteiger partial charge in [0.15, 0.2) is 0 Å². The van der Waals surface area contributed by atoms with Crippen molar-refractivity contribution in [3.05, 3.63) is 34.6 Å². The second kappa shape index (κ2) is 6.32. The highest BCUT2D eigenvalue weighted by Crippen LogP contribution is 2.22. The van der Waals surface area contributed by atoms with Crippen LogP contribution in [0, 0.1) is 5.82 Å². The van der Waals surface area contributed by atoms with E-state index in [4.69, 9.17) is 22.1 Å². The molecule has 1 fully saturated rings. The van der Waals surface area contributed by atoms with Gasteiger partial charge in [-0.25, -0.2) is 4.39 Å². The predicted molar refractivity (Wildman–Crippen MR) is 70.6 cm³/mol. The van der Waals surface area contributed by atoms with Gasteiger partial charge in [-0.05, 0) is 17.7 Å². The third-order valence-corrected chi connectivity index (χ3v) is 3.54. The van der Waals surface area contributed by atoms with Crippen molar-refractivity contribution in [3.63, 3.8) is 0 Å². The molecule has 0 unspecified atom stereocenters. The number of benzene rings is 1. The molecule has 2 N–H and O–H groups in total. The molecular weight excluding hydrogens is 271 g/mol. The molecule has 1 aromatic rings. The number of morpholine rings is 1. The van der Waals surface area contributed by atoms with Crippen molar-refractivity contribution >= 4 is 17.5 Å². The highest BCUT2D eigenvalue weighted by Gasteiger charge is 2.23. The maximum atomic E-state index is 13.5. The Morgan fingerprint density at radius 3 is 2.74 bits per heavy atom. The summed E-state index contributed by atoms with van der Waals surface area (Å²) in [5, 5.41) is 0.0401. The van der Waals surface area contributed by atoms with Gasteiger partial charge >= 0.3 is 0 Å². The van der Waals surface area contributed by atoms with Crippen LogP contribution in [0.1, 0.15) is 11.5 Å². The van der Waals surface area contributed by atoms with Gasteiger partial charge in [-0.1, -0.05) is 17.7 Å². The van der Waals surface area contributed by atoms with Crippen LogP contribution in [-0.2, 0) is 9.53 Å². The molecule has 1 aliphatic rings. The maximum absolute atomic E-state index is 13.5. The minimum absolute atomic E-state index is 0.0401. The van der Waals surface area contributed by atoms with Crippen LogP contribution in [0.15, 0.2) is 18.2 Å². The largest absolute Gasteiger partial charge is 0.379 e. The standard InChI is InChI=1S/C13H16ClFN2O2/c14-11-2-1-9(7-12(11)15)10(13(16)18)8-17-3-5-19-6-4-17/h1-2,7,10H,3-6,8H2,(H2,16,18)/t10-/m0/s1. The van der Waals surface area contributed by atoms with Crippen LogP contribution in [0.3, 0.4) is 0 Å². The van der Waals surface area contributed by atoms with Gasteiger partial charge in [0.1, 0.15) is 5.82 Å². The summed E-state index contributed by atoms with van der Waals surface area (Å²) in [6.45, 7) is 3.25. The molecule has 1 atom stereocenters. The van der Waals surface area contributed by atoms with Crippen LogP contribution < -0.4 is 5.73 Å². The Kier molecular flexibility index (Phi) is 4.74. The Balaban J connectivity index is 2.14. The van der Waals surface area contributed by atoms with Gasteiger partial charge < -0.3 is 10.5 Å². The van der Waals surface area contributed by atoms with Crippen molar-refractivity contribution in [1.82, 2.24) is 4.90 Å². The first-order valence-electron chi connectivity index (χ1n) is 6.12. The molecular formula is C13H16ClFN2O2. The van der Waals surface area contributed by atoms with E-state index in [1.165, 1.54) is 12.1 Å². The van der Waals surface area contributed by atoms with Crippen LogP contribution >= 0.6 is 11.6 Å². The number of ether oxygens (including phenoxy) is 1. The fourth-order valence-electron chi connectivity index (χ4n) is 2.13. The molecule has 1 aromatic carbocycles. The first-order valence-corrected chi connectivity index (χ1v) is 6.50. The highest BCUT2D eigenvalue weighted by atomic mass is 35.5. The van der Waals surface area contributed by atoms with E-state index >= 15 is 0 Å². The Morgan fingerprint density at radius 2 is 2.16 bits per heavy atom. The molecule has 104 valence electrons. The lowest BCUT2D eigenvalue weighted by Gasteiger charge is -2.29. The van der Waals surface area contributed by atoms with Crippen LogP contribution in [0.5, 0.6) is 0 Å². The van der Waals surface area contributed by atoms with Crippen molar-refractivity contribution in [3.8, 4) is 0 Å². The number of hydrogen-bond acceptors (Lipinski definition) is 3. The normalized spacial score (nSPS) is 18.2. The summed E-state index contributed by atoms with van der Waals surface area (Å²) < 4.78 is 18.7. The highest BCUT2D eigenvalue weighted by molar-refractivity contribution is 6.30. The summed E-state index contributed by atoms with van der Waals surface area (Å²) >= 11 is 5.64. The number of nitrogens with two attached hydrogens (primary N) is 1. The molecule has 0 radical (unpaired) electrons. The molecule has 1 saturated heterocycles. The monoisotopic (exact) mass is 286 g/mol. The summed E-state index contributed by atoms with van der Waals surface area (Å²) in [5.41, 5.74) is 5.98. The quantitative estimate of drug-likeness (QED) is 0.910. The molecule has 6 heteroatoms. The van der Waals surface area contributed by atoms with Crippen molar-refractivity contribution < 1.29 is 13.9 Å². The first kappa shape index (κ1) is 14.2. The molecule has 0 saturated carbocycles. The van der Waals surface area contributed by atoms with Gasteiger partial charge in [0.2, 0.25) is 5.91 Å². The molecule has 0 aliphatic carbocycles. The van der Waals surface area contributed by atoms with Crippen LogP contribution in [0.4, 0.5) is 4.39 Å². The smallest absolute Gasteiger partial charge is 0.226 e. The van der Waals surface area contributed by atoms with E-state index in [-0.39, 0.29) is 5.02 Å². The summed E-state index contributed by atoms with van der Waals surface area (Å²) in [6.07, 6.45) is 0. The lowest BCUT2D eigenvalue weighted by atomic mass is 9.97. The predicted octanol–water partition coefficient (Wildman–Crippen LogP) is 1.38. The minimum atomic E-state index is -0.537. The number of rotatable bonds is 4. The maximum Gasteiger partial charge on any atom is 0.226 e. The summed E-state index contributed by atoms with van der Waals surface area (Å²) in [4.78, 5) is 13.7. The molecule has 0 bridgehead atoms. The van der Waals surface area contributed by atoms with E-state index in [2.05, 4.69) is 4.90 Å². The van der Waals surface area contributed by atoms with Gasteiger partial charge in [0, 0.05) is 19.6 Å². The molecule has 0 aromatic heterocycles. The van der Waals surface area contributed by atoms with Gasteiger partial charge in [-0.2, -0.15) is 0 Å². The van der Waals surface area contributed by atoms with E-state index in [9.17, 15) is 9.18 Å². The first-order chi connectivity index (χ1) is 9.08. The zero-order valence-corrected chi connectivity index (χ0v) is 11.2. The van der Waals surface area contributed by atoms with Gasteiger partial charge in [-0.3, -0.25) is 9.69 Å². The number of carbonyl (C=O) groups is 1. The molecule has 4 nitrogen and oxygen atoms in total. The Hall–Kier alpha value is -1.17. The average molecular weight is 287 g/mol. The Bertz CT molecular complexity index is 464. The third kappa shape index (κ3) is 3.65. The summed E-state index contributed by atoms with van der Waals surface area (Å²) in [5.74, 6) is -1.54. The molecule has 2 rings (SSSR count). The number of carbonyl (C=O) groups excluding carboxylic acids is 1. The topological polar surface area (TPSA) is 55.6 Å². The van der Waals surface area contributed by atoms with E-state index < -0.39 is 17.6 Å². The zero-order chi connectivity index (χ0) is 13.8. The zero-order valence-electron chi connectivity index (χ0n) is 10.4. The molecule has 0 spiro atoms. The van der Waals surface area contributed by atoms with Crippen molar-refractivity contribution in [2.45, 2.75) is 5.92 Å². The van der Waals surface area contributed by atoms with Gasteiger partial charge in [-0.15, -0.1) is 0 Å². The fourth-order valence-corrected chi connectivity index (χ4v) is 2.25. The number of nitrogens with zero attached hydrogens (tertiary/aromatic N) is 1. The van der Waals surface area contributed by atoms with Crippen molar-refractivity contribution in [2.24, 2.45) is 5.73 Å².